The lowest BCUT2D eigenvalue weighted by molar-refractivity contribution is 0.271. The average Bonchev–Trinajstić information content (AvgIpc) is 2.29. The van der Waals surface area contributed by atoms with E-state index in [1.807, 2.05) is 0 Å². The number of hydrogen-bond donors (Lipinski definition) is 1. The Labute approximate surface area is 103 Å². The molecule has 0 aromatic heterocycles. The molecule has 0 aliphatic rings. The fraction of sp³-hybridized carbons (Fsp3) is 0.0909. The summed E-state index contributed by atoms with van der Waals surface area (Å²) in [5.74, 6) is 0. The third kappa shape index (κ3) is 2.98. The van der Waals surface area contributed by atoms with Gasteiger partial charge in [-0.2, -0.15) is 10.5 Å². The van der Waals surface area contributed by atoms with Gasteiger partial charge in [-0.15, -0.1) is 0 Å². The number of aliphatic hydroxyl groups is 1. The molecule has 3 nitrogen and oxygen atoms in total. The molecule has 0 saturated heterocycles. The molecule has 5 heteroatoms. The van der Waals surface area contributed by atoms with Gasteiger partial charge < -0.3 is 5.11 Å². The molecule has 0 saturated carbocycles. The Hall–Kier alpha value is -1.52. The molecular formula is C11H6Cl2N2O. The summed E-state index contributed by atoms with van der Waals surface area (Å²) < 4.78 is 0. The van der Waals surface area contributed by atoms with Crippen LogP contribution >= 0.6 is 23.2 Å². The van der Waals surface area contributed by atoms with Gasteiger partial charge in [0.2, 0.25) is 0 Å². The molecule has 1 atom stereocenters. The zero-order chi connectivity index (χ0) is 12.1. The van der Waals surface area contributed by atoms with Crippen molar-refractivity contribution in [2.75, 3.05) is 0 Å². The molecular weight excluding hydrogens is 247 g/mol. The highest BCUT2D eigenvalue weighted by atomic mass is 35.5. The second-order valence-corrected chi connectivity index (χ2v) is 3.73. The Balaban J connectivity index is 3.12. The van der Waals surface area contributed by atoms with E-state index < -0.39 is 6.10 Å². The van der Waals surface area contributed by atoms with E-state index in [-0.39, 0.29) is 5.57 Å². The summed E-state index contributed by atoms with van der Waals surface area (Å²) in [7, 11) is 0. The third-order valence-corrected chi connectivity index (χ3v) is 2.55. The fourth-order valence-corrected chi connectivity index (χ4v) is 1.33. The third-order valence-electron chi connectivity index (χ3n) is 1.81. The Morgan fingerprint density at radius 3 is 2.50 bits per heavy atom. The number of hydrogen-bond acceptors (Lipinski definition) is 3. The first-order valence-corrected chi connectivity index (χ1v) is 4.98. The normalized spacial score (nSPS) is 12.7. The largest absolute Gasteiger partial charge is 0.373 e. The standard InChI is InChI=1S/C11H6Cl2N2O/c12-9-2-1-7(4-10(9)13)3-8(5-14)11(16)6-15/h1-4,11,16H. The highest BCUT2D eigenvalue weighted by molar-refractivity contribution is 6.42. The van der Waals surface area contributed by atoms with Crippen LogP contribution in [0.2, 0.25) is 10.0 Å². The number of nitriles is 2. The molecule has 0 spiro atoms. The van der Waals surface area contributed by atoms with E-state index in [9.17, 15) is 5.11 Å². The second-order valence-electron chi connectivity index (χ2n) is 2.92. The number of benzene rings is 1. The van der Waals surface area contributed by atoms with Gasteiger partial charge in [-0.3, -0.25) is 0 Å². The number of nitrogens with zero attached hydrogens (tertiary/aromatic N) is 2. The topological polar surface area (TPSA) is 67.8 Å². The molecule has 0 bridgehead atoms. The van der Waals surface area contributed by atoms with Crippen molar-refractivity contribution in [2.45, 2.75) is 6.10 Å². The van der Waals surface area contributed by atoms with Gasteiger partial charge in [0.05, 0.1) is 27.8 Å². The second kappa shape index (κ2) is 5.53. The quantitative estimate of drug-likeness (QED) is 0.650. The summed E-state index contributed by atoms with van der Waals surface area (Å²) in [6.07, 6.45) is -0.0460. The van der Waals surface area contributed by atoms with Crippen LogP contribution in [0.4, 0.5) is 0 Å². The minimum Gasteiger partial charge on any atom is -0.373 e. The van der Waals surface area contributed by atoms with Crippen LogP contribution in [0.15, 0.2) is 23.8 Å². The van der Waals surface area contributed by atoms with Crippen molar-refractivity contribution in [3.05, 3.63) is 39.4 Å². The highest BCUT2D eigenvalue weighted by Gasteiger charge is 2.08. The maximum absolute atomic E-state index is 9.19. The van der Waals surface area contributed by atoms with Crippen LogP contribution in [-0.4, -0.2) is 11.2 Å². The molecule has 80 valence electrons. The van der Waals surface area contributed by atoms with Crippen molar-refractivity contribution in [1.82, 2.24) is 0 Å². The smallest absolute Gasteiger partial charge is 0.175 e. The molecule has 1 rings (SSSR count). The lowest BCUT2D eigenvalue weighted by Crippen LogP contribution is -2.04. The Morgan fingerprint density at radius 1 is 1.31 bits per heavy atom. The van der Waals surface area contributed by atoms with Gasteiger partial charge in [0.1, 0.15) is 0 Å². The summed E-state index contributed by atoms with van der Waals surface area (Å²) in [6.45, 7) is 0. The average molecular weight is 253 g/mol. The monoisotopic (exact) mass is 252 g/mol. The number of rotatable bonds is 2. The lowest BCUT2D eigenvalue weighted by atomic mass is 10.1. The molecule has 1 aromatic rings. The van der Waals surface area contributed by atoms with Gasteiger partial charge in [0, 0.05) is 0 Å². The van der Waals surface area contributed by atoms with Crippen molar-refractivity contribution in [2.24, 2.45) is 0 Å². The molecule has 0 heterocycles. The first kappa shape index (κ1) is 12.5. The summed E-state index contributed by atoms with van der Waals surface area (Å²) >= 11 is 11.5. The Morgan fingerprint density at radius 2 is 2.00 bits per heavy atom. The van der Waals surface area contributed by atoms with E-state index in [2.05, 4.69) is 0 Å². The zero-order valence-electron chi connectivity index (χ0n) is 7.98. The van der Waals surface area contributed by atoms with Crippen LogP contribution in [0.25, 0.3) is 6.08 Å². The van der Waals surface area contributed by atoms with E-state index in [0.29, 0.717) is 15.6 Å². The van der Waals surface area contributed by atoms with Crippen LogP contribution in [0.3, 0.4) is 0 Å². The molecule has 1 aromatic carbocycles. The van der Waals surface area contributed by atoms with Crippen molar-refractivity contribution < 1.29 is 5.11 Å². The van der Waals surface area contributed by atoms with Crippen LogP contribution in [-0.2, 0) is 0 Å². The first-order chi connectivity index (χ1) is 7.58. The predicted octanol–water partition coefficient (Wildman–Crippen LogP) is 2.78. The predicted molar refractivity (Wildman–Crippen MR) is 61.7 cm³/mol. The van der Waals surface area contributed by atoms with E-state index in [1.165, 1.54) is 6.08 Å². The van der Waals surface area contributed by atoms with E-state index in [0.717, 1.165) is 0 Å². The summed E-state index contributed by atoms with van der Waals surface area (Å²) in [5.41, 5.74) is 0.557. The zero-order valence-corrected chi connectivity index (χ0v) is 9.50. The van der Waals surface area contributed by atoms with E-state index in [4.69, 9.17) is 33.7 Å². The van der Waals surface area contributed by atoms with Crippen LogP contribution in [0, 0.1) is 22.7 Å². The fourth-order valence-electron chi connectivity index (χ4n) is 1.02. The van der Waals surface area contributed by atoms with Crippen molar-refractivity contribution >= 4 is 29.3 Å². The Kier molecular flexibility index (Phi) is 4.34. The van der Waals surface area contributed by atoms with Crippen molar-refractivity contribution in [3.8, 4) is 12.1 Å². The van der Waals surface area contributed by atoms with Gasteiger partial charge in [0.15, 0.2) is 6.10 Å². The van der Waals surface area contributed by atoms with Gasteiger partial charge in [-0.05, 0) is 23.8 Å². The molecule has 0 radical (unpaired) electrons. The highest BCUT2D eigenvalue weighted by Crippen LogP contribution is 2.23. The van der Waals surface area contributed by atoms with Crippen molar-refractivity contribution in [3.63, 3.8) is 0 Å². The lowest BCUT2D eigenvalue weighted by Gasteiger charge is -2.01. The van der Waals surface area contributed by atoms with Gasteiger partial charge >= 0.3 is 0 Å². The van der Waals surface area contributed by atoms with Gasteiger partial charge in [-0.1, -0.05) is 29.3 Å². The molecule has 1 N–H and O–H groups in total. The number of halogens is 2. The molecule has 0 amide bonds. The minimum atomic E-state index is -1.43. The van der Waals surface area contributed by atoms with Crippen LogP contribution < -0.4 is 0 Å². The summed E-state index contributed by atoms with van der Waals surface area (Å²) in [4.78, 5) is 0. The maximum atomic E-state index is 9.19. The Bertz CT molecular complexity index is 512. The summed E-state index contributed by atoms with van der Waals surface area (Å²) in [6, 6.07) is 8.07. The van der Waals surface area contributed by atoms with E-state index >= 15 is 0 Å². The molecule has 16 heavy (non-hydrogen) atoms. The van der Waals surface area contributed by atoms with Crippen molar-refractivity contribution in [1.29, 1.82) is 10.5 Å². The van der Waals surface area contributed by atoms with Gasteiger partial charge in [-0.25, -0.2) is 0 Å². The van der Waals surface area contributed by atoms with E-state index in [1.54, 1.807) is 30.3 Å². The SMILES string of the molecule is N#CC(=Cc1ccc(Cl)c(Cl)c1)C(O)C#N. The summed E-state index contributed by atoms with van der Waals surface area (Å²) in [5, 5.41) is 27.1. The van der Waals surface area contributed by atoms with Crippen LogP contribution in [0.5, 0.6) is 0 Å². The molecule has 0 aliphatic carbocycles. The molecule has 0 fully saturated rings. The minimum absolute atomic E-state index is 0.0408. The maximum Gasteiger partial charge on any atom is 0.175 e. The molecule has 1 unspecified atom stereocenters. The van der Waals surface area contributed by atoms with Gasteiger partial charge in [0.25, 0.3) is 0 Å². The first-order valence-electron chi connectivity index (χ1n) is 4.23. The number of aliphatic hydroxyl groups excluding tert-OH is 1. The molecule has 0 aliphatic heterocycles. The van der Waals surface area contributed by atoms with Crippen LogP contribution in [0.1, 0.15) is 5.56 Å².